The zero-order valence-corrected chi connectivity index (χ0v) is 13.5. The van der Waals surface area contributed by atoms with Crippen molar-refractivity contribution in [3.8, 4) is 0 Å². The monoisotopic (exact) mass is 302 g/mol. The molecule has 1 aliphatic rings. The van der Waals surface area contributed by atoms with E-state index in [1.54, 1.807) is 11.3 Å². The lowest BCUT2D eigenvalue weighted by Gasteiger charge is -2.30. The molecule has 2 aromatic rings. The van der Waals surface area contributed by atoms with Crippen LogP contribution in [0.4, 0.5) is 0 Å². The highest BCUT2D eigenvalue weighted by molar-refractivity contribution is 7.12. The Morgan fingerprint density at radius 2 is 2.14 bits per heavy atom. The molecule has 112 valence electrons. The van der Waals surface area contributed by atoms with E-state index < -0.39 is 0 Å². The van der Waals surface area contributed by atoms with Crippen LogP contribution >= 0.6 is 11.3 Å². The Balaban J connectivity index is 1.94. The average molecular weight is 302 g/mol. The molecule has 3 rings (SSSR count). The lowest BCUT2D eigenvalue weighted by molar-refractivity contribution is 0.0679. The molecule has 4 heteroatoms. The average Bonchev–Trinajstić information content (AvgIpc) is 3.00. The highest BCUT2D eigenvalue weighted by Crippen LogP contribution is 2.32. The van der Waals surface area contributed by atoms with Crippen LogP contribution in [0, 0.1) is 6.92 Å². The van der Waals surface area contributed by atoms with Crippen LogP contribution in [0.5, 0.6) is 0 Å². The molecule has 3 heterocycles. The number of amides is 1. The van der Waals surface area contributed by atoms with Crippen LogP contribution in [-0.2, 0) is 7.05 Å². The van der Waals surface area contributed by atoms with E-state index in [-0.39, 0.29) is 11.9 Å². The summed E-state index contributed by atoms with van der Waals surface area (Å²) in [6.07, 6.45) is 6.65. The predicted octanol–water partition coefficient (Wildman–Crippen LogP) is 4.15. The summed E-state index contributed by atoms with van der Waals surface area (Å²) in [5.41, 5.74) is 2.35. The number of aromatic nitrogens is 1. The standard InChI is InChI=1S/C17H22N2OS/c1-13-9-12-21-16(13)17(20)19-11-5-3-4-7-15(19)14-8-6-10-18(14)2/h6,8-10,12,15H,3-5,7,11H2,1-2H3/t15-/m1/s1. The highest BCUT2D eigenvalue weighted by atomic mass is 32.1. The predicted molar refractivity (Wildman–Crippen MR) is 86.7 cm³/mol. The van der Waals surface area contributed by atoms with Crippen LogP contribution in [0.25, 0.3) is 0 Å². The number of likely N-dealkylation sites (tertiary alicyclic amines) is 1. The Labute approximate surface area is 130 Å². The van der Waals surface area contributed by atoms with Crippen LogP contribution in [-0.4, -0.2) is 21.9 Å². The van der Waals surface area contributed by atoms with Crippen molar-refractivity contribution in [2.75, 3.05) is 6.54 Å². The fraction of sp³-hybridized carbons (Fsp3) is 0.471. The van der Waals surface area contributed by atoms with Crippen molar-refractivity contribution in [2.45, 2.75) is 38.6 Å². The van der Waals surface area contributed by atoms with Crippen molar-refractivity contribution in [2.24, 2.45) is 7.05 Å². The van der Waals surface area contributed by atoms with E-state index in [0.29, 0.717) is 0 Å². The third-order valence-corrected chi connectivity index (χ3v) is 5.40. The van der Waals surface area contributed by atoms with Crippen LogP contribution in [0.3, 0.4) is 0 Å². The van der Waals surface area contributed by atoms with Gasteiger partial charge in [0.2, 0.25) is 0 Å². The Morgan fingerprint density at radius 1 is 1.29 bits per heavy atom. The first-order valence-electron chi connectivity index (χ1n) is 7.65. The number of carbonyl (C=O) groups excluding carboxylic acids is 1. The molecule has 0 spiro atoms. The molecule has 1 fully saturated rings. The van der Waals surface area contributed by atoms with Crippen molar-refractivity contribution >= 4 is 17.2 Å². The van der Waals surface area contributed by atoms with E-state index in [0.717, 1.165) is 29.8 Å². The number of aryl methyl sites for hydroxylation is 2. The maximum Gasteiger partial charge on any atom is 0.264 e. The molecule has 0 aromatic carbocycles. The summed E-state index contributed by atoms with van der Waals surface area (Å²) in [6.45, 7) is 2.89. The quantitative estimate of drug-likeness (QED) is 0.818. The maximum absolute atomic E-state index is 13.0. The highest BCUT2D eigenvalue weighted by Gasteiger charge is 2.29. The molecule has 2 aromatic heterocycles. The van der Waals surface area contributed by atoms with E-state index in [1.807, 2.05) is 18.4 Å². The minimum atomic E-state index is 0.204. The van der Waals surface area contributed by atoms with Gasteiger partial charge in [-0.2, -0.15) is 0 Å². The second-order valence-corrected chi connectivity index (χ2v) is 6.76. The van der Waals surface area contributed by atoms with Crippen molar-refractivity contribution in [3.05, 3.63) is 45.9 Å². The molecule has 0 aliphatic carbocycles. The van der Waals surface area contributed by atoms with Gasteiger partial charge in [0.1, 0.15) is 0 Å². The Kier molecular flexibility index (Phi) is 4.15. The molecule has 0 unspecified atom stereocenters. The molecule has 0 radical (unpaired) electrons. The van der Waals surface area contributed by atoms with Gasteiger partial charge in [-0.1, -0.05) is 12.8 Å². The molecule has 1 aliphatic heterocycles. The van der Waals surface area contributed by atoms with Crippen molar-refractivity contribution < 1.29 is 4.79 Å². The van der Waals surface area contributed by atoms with Crippen molar-refractivity contribution in [3.63, 3.8) is 0 Å². The van der Waals surface area contributed by atoms with Crippen LogP contribution < -0.4 is 0 Å². The van der Waals surface area contributed by atoms with Crippen LogP contribution in [0.1, 0.15) is 52.7 Å². The fourth-order valence-electron chi connectivity index (χ4n) is 3.20. The van der Waals surface area contributed by atoms with Gasteiger partial charge in [0.25, 0.3) is 5.91 Å². The minimum Gasteiger partial charge on any atom is -0.353 e. The van der Waals surface area contributed by atoms with E-state index in [1.165, 1.54) is 18.5 Å². The summed E-state index contributed by atoms with van der Waals surface area (Å²) in [4.78, 5) is 16.0. The summed E-state index contributed by atoms with van der Waals surface area (Å²) in [6, 6.07) is 6.46. The Hall–Kier alpha value is -1.55. The normalized spacial score (nSPS) is 19.5. The molecule has 1 saturated heterocycles. The first-order chi connectivity index (χ1) is 10.2. The van der Waals surface area contributed by atoms with Crippen LogP contribution in [0.2, 0.25) is 0 Å². The molecular weight excluding hydrogens is 280 g/mol. The summed E-state index contributed by atoms with van der Waals surface area (Å²) >= 11 is 1.56. The summed E-state index contributed by atoms with van der Waals surface area (Å²) in [7, 11) is 2.07. The second kappa shape index (κ2) is 6.06. The second-order valence-electron chi connectivity index (χ2n) is 5.84. The van der Waals surface area contributed by atoms with Gasteiger partial charge in [0, 0.05) is 25.5 Å². The molecule has 1 amide bonds. The SMILES string of the molecule is Cc1ccsc1C(=O)N1CCCCC[C@@H]1c1cccn1C. The van der Waals surface area contributed by atoms with Gasteiger partial charge in [-0.15, -0.1) is 11.3 Å². The molecule has 3 nitrogen and oxygen atoms in total. The van der Waals surface area contributed by atoms with Crippen molar-refractivity contribution in [1.82, 2.24) is 9.47 Å². The number of thiophene rings is 1. The molecule has 0 bridgehead atoms. The topological polar surface area (TPSA) is 25.2 Å². The number of carbonyl (C=O) groups is 1. The number of nitrogens with zero attached hydrogens (tertiary/aromatic N) is 2. The Morgan fingerprint density at radius 3 is 2.81 bits per heavy atom. The molecule has 0 saturated carbocycles. The summed E-state index contributed by atoms with van der Waals surface area (Å²) in [5.74, 6) is 0.204. The summed E-state index contributed by atoms with van der Waals surface area (Å²) in [5, 5.41) is 2.01. The third-order valence-electron chi connectivity index (χ3n) is 4.40. The van der Waals surface area contributed by atoms with Gasteiger partial charge in [-0.3, -0.25) is 4.79 Å². The lowest BCUT2D eigenvalue weighted by Crippen LogP contribution is -2.35. The van der Waals surface area contributed by atoms with Gasteiger partial charge in [-0.05, 0) is 48.9 Å². The number of rotatable bonds is 2. The smallest absolute Gasteiger partial charge is 0.264 e. The first kappa shape index (κ1) is 14.4. The van der Waals surface area contributed by atoms with Gasteiger partial charge in [0.05, 0.1) is 10.9 Å². The zero-order chi connectivity index (χ0) is 14.8. The number of hydrogen-bond acceptors (Lipinski definition) is 2. The fourth-order valence-corrected chi connectivity index (χ4v) is 4.08. The molecule has 1 atom stereocenters. The van der Waals surface area contributed by atoms with Gasteiger partial charge < -0.3 is 9.47 Å². The number of hydrogen-bond donors (Lipinski definition) is 0. The molecule has 21 heavy (non-hydrogen) atoms. The van der Waals surface area contributed by atoms with Crippen molar-refractivity contribution in [1.29, 1.82) is 0 Å². The third kappa shape index (κ3) is 2.77. The zero-order valence-electron chi connectivity index (χ0n) is 12.7. The van der Waals surface area contributed by atoms with E-state index >= 15 is 0 Å². The van der Waals surface area contributed by atoms with Crippen LogP contribution in [0.15, 0.2) is 29.8 Å². The molecular formula is C17H22N2OS. The van der Waals surface area contributed by atoms with E-state index in [4.69, 9.17) is 0 Å². The minimum absolute atomic E-state index is 0.204. The van der Waals surface area contributed by atoms with Gasteiger partial charge in [-0.25, -0.2) is 0 Å². The summed E-state index contributed by atoms with van der Waals surface area (Å²) < 4.78 is 2.15. The van der Waals surface area contributed by atoms with E-state index in [2.05, 4.69) is 34.8 Å². The lowest BCUT2D eigenvalue weighted by atomic mass is 10.1. The maximum atomic E-state index is 13.0. The Bertz CT molecular complexity index is 628. The largest absolute Gasteiger partial charge is 0.353 e. The van der Waals surface area contributed by atoms with Gasteiger partial charge >= 0.3 is 0 Å². The first-order valence-corrected chi connectivity index (χ1v) is 8.52. The van der Waals surface area contributed by atoms with Gasteiger partial charge in [0.15, 0.2) is 0 Å². The van der Waals surface area contributed by atoms with E-state index in [9.17, 15) is 4.79 Å². The molecule has 0 N–H and O–H groups in total.